The number of ketones is 1. The van der Waals surface area contributed by atoms with Gasteiger partial charge in [0.15, 0.2) is 5.78 Å². The van der Waals surface area contributed by atoms with Crippen molar-refractivity contribution in [3.63, 3.8) is 0 Å². The molecule has 1 aromatic carbocycles. The van der Waals surface area contributed by atoms with E-state index in [1.807, 2.05) is 0 Å². The zero-order valence-corrected chi connectivity index (χ0v) is 10.3. The molecule has 1 aromatic rings. The number of hydrogen-bond donors (Lipinski definition) is 0. The fourth-order valence-corrected chi connectivity index (χ4v) is 1.90. The van der Waals surface area contributed by atoms with Gasteiger partial charge in [0.05, 0.1) is 6.42 Å². The second-order valence-corrected chi connectivity index (χ2v) is 4.17. The summed E-state index contributed by atoms with van der Waals surface area (Å²) in [6, 6.07) is 8.60. The number of rotatable bonds is 4. The zero-order valence-electron chi connectivity index (χ0n) is 10.3. The summed E-state index contributed by atoms with van der Waals surface area (Å²) in [6.45, 7) is 3.66. The quantitative estimate of drug-likeness (QED) is 0.468. The van der Waals surface area contributed by atoms with E-state index in [0.717, 1.165) is 4.90 Å². The maximum atomic E-state index is 12.1. The molecule has 0 radical (unpaired) electrons. The molecule has 0 unspecified atom stereocenters. The van der Waals surface area contributed by atoms with Crippen molar-refractivity contribution < 1.29 is 14.4 Å². The molecule has 0 bridgehead atoms. The minimum absolute atomic E-state index is 0.0483. The molecule has 96 valence electrons. The Morgan fingerprint density at radius 3 is 2.53 bits per heavy atom. The van der Waals surface area contributed by atoms with Crippen LogP contribution in [0.2, 0.25) is 0 Å². The summed E-state index contributed by atoms with van der Waals surface area (Å²) in [4.78, 5) is 36.8. The predicted molar refractivity (Wildman–Crippen MR) is 70.4 cm³/mol. The Hall–Kier alpha value is -2.49. The lowest BCUT2D eigenvalue weighted by atomic mass is 9.97. The number of Topliss-reactive ketones (excluding diaryl/α,β-unsaturated/α-hetero) is 1. The van der Waals surface area contributed by atoms with E-state index in [2.05, 4.69) is 6.58 Å². The fourth-order valence-electron chi connectivity index (χ4n) is 1.90. The van der Waals surface area contributed by atoms with Gasteiger partial charge in [-0.2, -0.15) is 0 Å². The van der Waals surface area contributed by atoms with Crippen LogP contribution in [0.4, 0.5) is 0 Å². The van der Waals surface area contributed by atoms with Gasteiger partial charge in [-0.15, -0.1) is 6.58 Å². The van der Waals surface area contributed by atoms with Crippen molar-refractivity contribution in [2.45, 2.75) is 6.42 Å². The normalized spacial score (nSPS) is 15.2. The average molecular weight is 255 g/mol. The number of hydrogen-bond acceptors (Lipinski definition) is 3. The molecule has 2 rings (SSSR count). The third-order valence-corrected chi connectivity index (χ3v) is 2.85. The van der Waals surface area contributed by atoms with Gasteiger partial charge in [0, 0.05) is 23.8 Å². The highest BCUT2D eigenvalue weighted by Crippen LogP contribution is 2.18. The molecule has 1 aliphatic rings. The topological polar surface area (TPSA) is 54.5 Å². The van der Waals surface area contributed by atoms with Gasteiger partial charge in [0.2, 0.25) is 5.91 Å². The van der Waals surface area contributed by atoms with Crippen LogP contribution in [-0.2, 0) is 9.59 Å². The standard InChI is InChI=1S/C15H13NO3/c1-2-8-16-13(17)9-12(10-14(16)18)15(19)11-6-4-3-5-7-11/h2-7,9H,1,8,10H2. The Morgan fingerprint density at radius 2 is 1.95 bits per heavy atom. The van der Waals surface area contributed by atoms with Crippen molar-refractivity contribution in [1.82, 2.24) is 4.90 Å². The smallest absolute Gasteiger partial charge is 0.253 e. The van der Waals surface area contributed by atoms with Gasteiger partial charge < -0.3 is 0 Å². The highest BCUT2D eigenvalue weighted by atomic mass is 16.2. The molecule has 4 heteroatoms. The third-order valence-electron chi connectivity index (χ3n) is 2.85. The molecule has 0 aromatic heterocycles. The number of nitrogens with zero attached hydrogens (tertiary/aromatic N) is 1. The number of imide groups is 1. The molecule has 0 atom stereocenters. The Bertz CT molecular complexity index is 572. The molecular formula is C15H13NO3. The largest absolute Gasteiger partial charge is 0.289 e. The van der Waals surface area contributed by atoms with Gasteiger partial charge in [-0.3, -0.25) is 19.3 Å². The first kappa shape index (κ1) is 13.0. The minimum atomic E-state index is -0.463. The Morgan fingerprint density at radius 1 is 1.26 bits per heavy atom. The van der Waals surface area contributed by atoms with Crippen LogP contribution in [0.1, 0.15) is 16.8 Å². The lowest BCUT2D eigenvalue weighted by Gasteiger charge is -2.22. The summed E-state index contributed by atoms with van der Waals surface area (Å²) >= 11 is 0. The maximum Gasteiger partial charge on any atom is 0.253 e. The van der Waals surface area contributed by atoms with E-state index in [4.69, 9.17) is 0 Å². The number of carbonyl (C=O) groups is 3. The average Bonchev–Trinajstić information content (AvgIpc) is 2.43. The summed E-state index contributed by atoms with van der Waals surface area (Å²) in [6.07, 6.45) is 2.67. The lowest BCUT2D eigenvalue weighted by molar-refractivity contribution is -0.141. The van der Waals surface area contributed by atoms with Gasteiger partial charge >= 0.3 is 0 Å². The minimum Gasteiger partial charge on any atom is -0.289 e. The number of amides is 2. The van der Waals surface area contributed by atoms with E-state index in [-0.39, 0.29) is 30.2 Å². The van der Waals surface area contributed by atoms with Crippen LogP contribution in [0.3, 0.4) is 0 Å². The molecule has 0 saturated carbocycles. The molecule has 19 heavy (non-hydrogen) atoms. The molecule has 1 heterocycles. The predicted octanol–water partition coefficient (Wildman–Crippen LogP) is 1.74. The van der Waals surface area contributed by atoms with Crippen LogP contribution in [0.5, 0.6) is 0 Å². The first-order valence-corrected chi connectivity index (χ1v) is 5.89. The van der Waals surface area contributed by atoms with E-state index in [0.29, 0.717) is 5.56 Å². The molecule has 0 fully saturated rings. The van der Waals surface area contributed by atoms with Crippen molar-refractivity contribution >= 4 is 17.6 Å². The van der Waals surface area contributed by atoms with Crippen LogP contribution in [-0.4, -0.2) is 29.0 Å². The van der Waals surface area contributed by atoms with Crippen LogP contribution in [0, 0.1) is 0 Å². The molecule has 0 N–H and O–H groups in total. The van der Waals surface area contributed by atoms with E-state index < -0.39 is 5.91 Å². The molecular weight excluding hydrogens is 242 g/mol. The number of carbonyl (C=O) groups excluding carboxylic acids is 3. The van der Waals surface area contributed by atoms with Crippen LogP contribution >= 0.6 is 0 Å². The molecule has 4 nitrogen and oxygen atoms in total. The van der Waals surface area contributed by atoms with E-state index in [1.165, 1.54) is 12.2 Å². The van der Waals surface area contributed by atoms with Crippen LogP contribution < -0.4 is 0 Å². The van der Waals surface area contributed by atoms with Crippen molar-refractivity contribution in [2.24, 2.45) is 0 Å². The fraction of sp³-hybridized carbons (Fsp3) is 0.133. The van der Waals surface area contributed by atoms with Gasteiger partial charge in [-0.1, -0.05) is 36.4 Å². The maximum absolute atomic E-state index is 12.1. The Balaban J connectivity index is 2.26. The van der Waals surface area contributed by atoms with Crippen LogP contribution in [0.25, 0.3) is 0 Å². The molecule has 2 amide bonds. The van der Waals surface area contributed by atoms with Crippen molar-refractivity contribution in [3.8, 4) is 0 Å². The van der Waals surface area contributed by atoms with E-state index >= 15 is 0 Å². The molecule has 0 aliphatic carbocycles. The van der Waals surface area contributed by atoms with Crippen molar-refractivity contribution in [3.05, 3.63) is 60.2 Å². The van der Waals surface area contributed by atoms with Crippen molar-refractivity contribution in [1.29, 1.82) is 0 Å². The van der Waals surface area contributed by atoms with Gasteiger partial charge in [-0.25, -0.2) is 0 Å². The number of benzene rings is 1. The summed E-state index contributed by atoms with van der Waals surface area (Å²) in [5, 5.41) is 0. The second-order valence-electron chi connectivity index (χ2n) is 4.17. The third kappa shape index (κ3) is 2.68. The Labute approximate surface area is 111 Å². The Kier molecular flexibility index (Phi) is 3.71. The van der Waals surface area contributed by atoms with Gasteiger partial charge in [-0.05, 0) is 0 Å². The molecule has 0 saturated heterocycles. The zero-order chi connectivity index (χ0) is 13.8. The summed E-state index contributed by atoms with van der Waals surface area (Å²) in [7, 11) is 0. The molecule has 0 spiro atoms. The first-order valence-electron chi connectivity index (χ1n) is 5.89. The SMILES string of the molecule is C=CCN1C(=O)C=C(C(=O)c2ccccc2)CC1=O. The second kappa shape index (κ2) is 5.44. The van der Waals surface area contributed by atoms with Gasteiger partial charge in [0.25, 0.3) is 5.91 Å². The summed E-state index contributed by atoms with van der Waals surface area (Å²) in [5.74, 6) is -1.11. The summed E-state index contributed by atoms with van der Waals surface area (Å²) < 4.78 is 0. The lowest BCUT2D eigenvalue weighted by Crippen LogP contribution is -2.40. The molecule has 1 aliphatic heterocycles. The van der Waals surface area contributed by atoms with E-state index in [9.17, 15) is 14.4 Å². The monoisotopic (exact) mass is 255 g/mol. The summed E-state index contributed by atoms with van der Waals surface area (Å²) in [5.41, 5.74) is 0.716. The van der Waals surface area contributed by atoms with E-state index in [1.54, 1.807) is 30.3 Å². The highest BCUT2D eigenvalue weighted by molar-refractivity contribution is 6.18. The first-order chi connectivity index (χ1) is 9.13. The highest BCUT2D eigenvalue weighted by Gasteiger charge is 2.28. The van der Waals surface area contributed by atoms with Crippen molar-refractivity contribution in [2.75, 3.05) is 6.54 Å². The van der Waals surface area contributed by atoms with Gasteiger partial charge in [0.1, 0.15) is 0 Å². The van der Waals surface area contributed by atoms with Crippen LogP contribution in [0.15, 0.2) is 54.6 Å².